The van der Waals surface area contributed by atoms with Gasteiger partial charge in [-0.2, -0.15) is 0 Å². The summed E-state index contributed by atoms with van der Waals surface area (Å²) in [4.78, 5) is 12.3. The van der Waals surface area contributed by atoms with Gasteiger partial charge in [-0.3, -0.25) is 9.35 Å². The molecule has 7 nitrogen and oxygen atoms in total. The Balaban J connectivity index is 1.66. The van der Waals surface area contributed by atoms with Gasteiger partial charge in [-0.05, 0) is 61.2 Å². The Kier molecular flexibility index (Phi) is 10.3. The fourth-order valence-electron chi connectivity index (χ4n) is 4.27. The van der Waals surface area contributed by atoms with E-state index in [1.165, 1.54) is 21.0 Å². The van der Waals surface area contributed by atoms with Crippen molar-refractivity contribution in [3.05, 3.63) is 111 Å². The van der Waals surface area contributed by atoms with Gasteiger partial charge in [0, 0.05) is 54.6 Å². The Labute approximate surface area is 244 Å². The zero-order valence-corrected chi connectivity index (χ0v) is 24.1. The minimum atomic E-state index is -2.21. The average molecular weight is 603 g/mol. The van der Waals surface area contributed by atoms with E-state index in [9.17, 15) is 22.3 Å². The normalized spacial score (nSPS) is 12.0. The van der Waals surface area contributed by atoms with E-state index in [1.54, 1.807) is 44.4 Å². The van der Waals surface area contributed by atoms with Gasteiger partial charge in [0.15, 0.2) is 11.6 Å². The van der Waals surface area contributed by atoms with Crippen LogP contribution >= 0.6 is 11.6 Å². The zero-order valence-electron chi connectivity index (χ0n) is 22.5. The largest absolute Gasteiger partial charge is 0.493 e. The van der Waals surface area contributed by atoms with Gasteiger partial charge in [0.25, 0.3) is 5.56 Å². The number of ether oxygens (including phenoxy) is 2. The zero-order chi connectivity index (χ0) is 29.5. The van der Waals surface area contributed by atoms with E-state index in [1.807, 2.05) is 18.2 Å². The summed E-state index contributed by atoms with van der Waals surface area (Å²) < 4.78 is 64.4. The average Bonchev–Trinajstić information content (AvgIpc) is 2.93. The Morgan fingerprint density at radius 2 is 1.68 bits per heavy atom. The molecule has 1 atom stereocenters. The number of nitrogens with zero attached hydrogens (tertiary/aromatic N) is 2. The summed E-state index contributed by atoms with van der Waals surface area (Å²) in [5.41, 5.74) is 2.41. The monoisotopic (exact) mass is 602 g/mol. The maximum absolute atomic E-state index is 14.5. The lowest BCUT2D eigenvalue weighted by Crippen LogP contribution is -2.30. The van der Waals surface area contributed by atoms with E-state index in [2.05, 4.69) is 0 Å². The molecule has 1 aromatic heterocycles. The molecule has 4 rings (SSSR count). The third kappa shape index (κ3) is 7.80. The van der Waals surface area contributed by atoms with Crippen LogP contribution in [0.5, 0.6) is 17.2 Å². The second-order valence-electron chi connectivity index (χ2n) is 9.19. The predicted molar refractivity (Wildman–Crippen MR) is 156 cm³/mol. The van der Waals surface area contributed by atoms with E-state index in [0.29, 0.717) is 47.9 Å². The van der Waals surface area contributed by atoms with Crippen LogP contribution in [0, 0.1) is 11.6 Å². The first-order chi connectivity index (χ1) is 19.7. The van der Waals surface area contributed by atoms with Crippen LogP contribution in [0.15, 0.2) is 77.7 Å². The molecule has 0 spiro atoms. The highest BCUT2D eigenvalue weighted by Crippen LogP contribution is 2.39. The number of hydrogen-bond acceptors (Lipinski definition) is 4. The van der Waals surface area contributed by atoms with Crippen LogP contribution in [-0.4, -0.2) is 37.3 Å². The lowest BCUT2D eigenvalue weighted by molar-refractivity contribution is 0.340. The molecule has 0 saturated carbocycles. The summed E-state index contributed by atoms with van der Waals surface area (Å²) in [7, 11) is 1.60. The molecule has 41 heavy (non-hydrogen) atoms. The van der Waals surface area contributed by atoms with E-state index in [4.69, 9.17) is 21.1 Å². The summed E-state index contributed by atoms with van der Waals surface area (Å²) in [6.07, 6.45) is 2.48. The third-order valence-electron chi connectivity index (χ3n) is 6.40. The predicted octanol–water partition coefficient (Wildman–Crippen LogP) is 6.40. The molecule has 0 aliphatic rings. The standard InChI is InChI=1S/C30H29ClF2N2O5S/c1-3-39-29-18-30(36)34(2)19-24(29)23-16-20(8-10-27(23)40-28-11-9-22(32)17-26(28)33)12-14-35(41(37)38)15-13-21-6-4-5-7-25(21)31/h4-11,16-19H,3,12-15H2,1-2H3,(H,37,38). The van der Waals surface area contributed by atoms with Crippen molar-refractivity contribution in [2.24, 2.45) is 7.05 Å². The van der Waals surface area contributed by atoms with Crippen LogP contribution in [-0.2, 0) is 31.2 Å². The summed E-state index contributed by atoms with van der Waals surface area (Å²) in [5, 5.41) is 0.594. The Morgan fingerprint density at radius 1 is 0.951 bits per heavy atom. The second-order valence-corrected chi connectivity index (χ2v) is 10.6. The highest BCUT2D eigenvalue weighted by atomic mass is 35.5. The third-order valence-corrected chi connectivity index (χ3v) is 7.57. The first kappa shape index (κ1) is 30.4. The van der Waals surface area contributed by atoms with Gasteiger partial charge in [-0.25, -0.2) is 17.3 Å². The van der Waals surface area contributed by atoms with Crippen LogP contribution in [0.2, 0.25) is 5.02 Å². The molecule has 4 aromatic rings. The van der Waals surface area contributed by atoms with Crippen molar-refractivity contribution < 1.29 is 27.0 Å². The molecule has 3 aromatic carbocycles. The van der Waals surface area contributed by atoms with E-state index in [0.717, 1.165) is 23.3 Å². The fourth-order valence-corrected chi connectivity index (χ4v) is 4.99. The van der Waals surface area contributed by atoms with Crippen molar-refractivity contribution in [1.29, 1.82) is 0 Å². The molecule has 0 bridgehead atoms. The Morgan fingerprint density at radius 3 is 2.39 bits per heavy atom. The molecule has 1 N–H and O–H groups in total. The van der Waals surface area contributed by atoms with Crippen molar-refractivity contribution in [1.82, 2.24) is 8.87 Å². The van der Waals surface area contributed by atoms with Crippen molar-refractivity contribution in [2.75, 3.05) is 19.7 Å². The van der Waals surface area contributed by atoms with E-state index in [-0.39, 0.29) is 23.6 Å². The molecule has 1 unspecified atom stereocenters. The number of pyridine rings is 1. The summed E-state index contributed by atoms with van der Waals surface area (Å²) in [6.45, 7) is 2.64. The maximum Gasteiger partial charge on any atom is 0.254 e. The first-order valence-corrected chi connectivity index (χ1v) is 14.3. The molecular weight excluding hydrogens is 574 g/mol. The summed E-state index contributed by atoms with van der Waals surface area (Å²) in [5.74, 6) is -1.22. The molecule has 0 radical (unpaired) electrons. The number of rotatable bonds is 12. The molecule has 0 amide bonds. The van der Waals surface area contributed by atoms with Gasteiger partial charge in [0.1, 0.15) is 17.3 Å². The minimum absolute atomic E-state index is 0.176. The van der Waals surface area contributed by atoms with Crippen LogP contribution < -0.4 is 15.0 Å². The van der Waals surface area contributed by atoms with Crippen molar-refractivity contribution in [3.8, 4) is 28.4 Å². The van der Waals surface area contributed by atoms with Crippen LogP contribution in [0.3, 0.4) is 0 Å². The SMILES string of the molecule is CCOc1cc(=O)n(C)cc1-c1cc(CCN(CCc2ccccc2Cl)S(=O)O)ccc1Oc1ccc(F)cc1F. The highest BCUT2D eigenvalue weighted by Gasteiger charge is 2.18. The van der Waals surface area contributed by atoms with E-state index < -0.39 is 22.9 Å². The first-order valence-electron chi connectivity index (χ1n) is 12.8. The second kappa shape index (κ2) is 13.9. The number of halogens is 3. The van der Waals surface area contributed by atoms with Gasteiger partial charge in [0.2, 0.25) is 11.3 Å². The quantitative estimate of drug-likeness (QED) is 0.190. The van der Waals surface area contributed by atoms with Crippen LogP contribution in [0.25, 0.3) is 11.1 Å². The number of hydrogen-bond donors (Lipinski definition) is 1. The van der Waals surface area contributed by atoms with Crippen molar-refractivity contribution >= 4 is 22.9 Å². The summed E-state index contributed by atoms with van der Waals surface area (Å²) >= 11 is 4.03. The van der Waals surface area contributed by atoms with E-state index >= 15 is 0 Å². The molecule has 1 heterocycles. The molecule has 216 valence electrons. The fraction of sp³-hybridized carbons (Fsp3) is 0.233. The van der Waals surface area contributed by atoms with Crippen LogP contribution in [0.4, 0.5) is 8.78 Å². The topological polar surface area (TPSA) is 81.0 Å². The van der Waals surface area contributed by atoms with Gasteiger partial charge in [-0.15, -0.1) is 0 Å². The Bertz CT molecular complexity index is 1610. The molecular formula is C30H29ClF2N2O5S. The smallest absolute Gasteiger partial charge is 0.254 e. The number of aromatic nitrogens is 1. The molecule has 11 heteroatoms. The van der Waals surface area contributed by atoms with Crippen molar-refractivity contribution in [2.45, 2.75) is 19.8 Å². The highest BCUT2D eigenvalue weighted by molar-refractivity contribution is 7.76. The molecule has 0 aliphatic heterocycles. The molecule has 0 fully saturated rings. The molecule has 0 saturated heterocycles. The number of aryl methyl sites for hydroxylation is 1. The lowest BCUT2D eigenvalue weighted by Gasteiger charge is -2.19. The van der Waals surface area contributed by atoms with Gasteiger partial charge in [-0.1, -0.05) is 35.9 Å². The van der Waals surface area contributed by atoms with Crippen LogP contribution in [0.1, 0.15) is 18.1 Å². The van der Waals surface area contributed by atoms with Crippen molar-refractivity contribution in [3.63, 3.8) is 0 Å². The molecule has 0 aliphatic carbocycles. The maximum atomic E-state index is 14.5. The lowest BCUT2D eigenvalue weighted by atomic mass is 10.0. The van der Waals surface area contributed by atoms with Gasteiger partial charge in [0.05, 0.1) is 6.61 Å². The van der Waals surface area contributed by atoms with Gasteiger partial charge < -0.3 is 14.0 Å². The Hall–Kier alpha value is -3.57. The number of benzene rings is 3. The minimum Gasteiger partial charge on any atom is -0.493 e. The summed E-state index contributed by atoms with van der Waals surface area (Å²) in [6, 6.07) is 16.9. The van der Waals surface area contributed by atoms with Gasteiger partial charge >= 0.3 is 0 Å².